The Balaban J connectivity index is 1.41. The standard InChI is InChI=1S/C23H31N3O/c1-18-15-20(17-26(18)16-19-7-3-2-4-8-19)24-22-9-5-6-10-23(22)25-13-11-21(27)12-14-25/h2-10,18,20-21,24,27H,11-17H2,1H3/t18-,20-/m1/s1. The first-order valence-electron chi connectivity index (χ1n) is 10.3. The predicted octanol–water partition coefficient (Wildman–Crippen LogP) is 3.72. The van der Waals surface area contributed by atoms with Crippen molar-refractivity contribution in [2.45, 2.75) is 50.9 Å². The average Bonchev–Trinajstić information content (AvgIpc) is 3.03. The zero-order chi connectivity index (χ0) is 18.6. The summed E-state index contributed by atoms with van der Waals surface area (Å²) in [6.45, 7) is 6.29. The summed E-state index contributed by atoms with van der Waals surface area (Å²) in [6, 6.07) is 20.5. The molecule has 0 unspecified atom stereocenters. The zero-order valence-electron chi connectivity index (χ0n) is 16.2. The van der Waals surface area contributed by atoms with Crippen LogP contribution in [-0.4, -0.2) is 47.8 Å². The summed E-state index contributed by atoms with van der Waals surface area (Å²) >= 11 is 0. The number of nitrogens with zero attached hydrogens (tertiary/aromatic N) is 2. The number of hydrogen-bond acceptors (Lipinski definition) is 4. The highest BCUT2D eigenvalue weighted by Gasteiger charge is 2.29. The third kappa shape index (κ3) is 4.45. The number of aliphatic hydroxyl groups excluding tert-OH is 1. The van der Waals surface area contributed by atoms with Crippen molar-refractivity contribution in [2.24, 2.45) is 0 Å². The van der Waals surface area contributed by atoms with E-state index in [2.05, 4.69) is 76.6 Å². The minimum Gasteiger partial charge on any atom is -0.393 e. The molecule has 0 bridgehead atoms. The Morgan fingerprint density at radius 3 is 2.48 bits per heavy atom. The maximum absolute atomic E-state index is 9.80. The summed E-state index contributed by atoms with van der Waals surface area (Å²) in [4.78, 5) is 4.99. The van der Waals surface area contributed by atoms with Gasteiger partial charge in [-0.2, -0.15) is 0 Å². The molecule has 2 aromatic carbocycles. The maximum Gasteiger partial charge on any atom is 0.0602 e. The molecule has 2 heterocycles. The smallest absolute Gasteiger partial charge is 0.0602 e. The Kier molecular flexibility index (Phi) is 5.65. The van der Waals surface area contributed by atoms with Crippen LogP contribution in [0.3, 0.4) is 0 Å². The molecule has 2 aliphatic heterocycles. The minimum atomic E-state index is -0.136. The highest BCUT2D eigenvalue weighted by molar-refractivity contribution is 5.70. The lowest BCUT2D eigenvalue weighted by molar-refractivity contribution is 0.145. The van der Waals surface area contributed by atoms with Gasteiger partial charge in [-0.3, -0.25) is 4.90 Å². The first-order chi connectivity index (χ1) is 13.2. The second kappa shape index (κ2) is 8.32. The Hall–Kier alpha value is -2.04. The van der Waals surface area contributed by atoms with Crippen molar-refractivity contribution in [3.05, 3.63) is 60.2 Å². The molecule has 4 nitrogen and oxygen atoms in total. The third-order valence-corrected chi connectivity index (χ3v) is 6.00. The number of piperidine rings is 1. The number of hydrogen-bond donors (Lipinski definition) is 2. The van der Waals surface area contributed by atoms with Gasteiger partial charge in [0.15, 0.2) is 0 Å². The Labute approximate surface area is 162 Å². The molecule has 0 amide bonds. The Morgan fingerprint density at radius 1 is 1.00 bits per heavy atom. The SMILES string of the molecule is C[C@@H]1C[C@@H](Nc2ccccc2N2CCC(O)CC2)CN1Cc1ccccc1. The van der Waals surface area contributed by atoms with E-state index in [0.717, 1.165) is 39.0 Å². The second-order valence-corrected chi connectivity index (χ2v) is 8.08. The third-order valence-electron chi connectivity index (χ3n) is 6.00. The molecular weight excluding hydrogens is 334 g/mol. The molecule has 0 aliphatic carbocycles. The van der Waals surface area contributed by atoms with Gasteiger partial charge in [-0.15, -0.1) is 0 Å². The normalized spacial score (nSPS) is 24.3. The van der Waals surface area contributed by atoms with Crippen LogP contribution >= 0.6 is 0 Å². The molecule has 2 atom stereocenters. The van der Waals surface area contributed by atoms with Gasteiger partial charge < -0.3 is 15.3 Å². The molecule has 2 fully saturated rings. The van der Waals surface area contributed by atoms with Gasteiger partial charge in [-0.25, -0.2) is 0 Å². The van der Waals surface area contributed by atoms with Gasteiger partial charge in [0.1, 0.15) is 0 Å². The highest BCUT2D eigenvalue weighted by atomic mass is 16.3. The fraction of sp³-hybridized carbons (Fsp3) is 0.478. The number of benzene rings is 2. The summed E-state index contributed by atoms with van der Waals surface area (Å²) in [7, 11) is 0. The van der Waals surface area contributed by atoms with E-state index in [4.69, 9.17) is 0 Å². The number of rotatable bonds is 5. The van der Waals surface area contributed by atoms with E-state index < -0.39 is 0 Å². The Morgan fingerprint density at radius 2 is 1.70 bits per heavy atom. The summed E-state index contributed by atoms with van der Waals surface area (Å²) in [5.74, 6) is 0. The van der Waals surface area contributed by atoms with Crippen LogP contribution in [0.15, 0.2) is 54.6 Å². The molecule has 4 heteroatoms. The molecule has 0 radical (unpaired) electrons. The van der Waals surface area contributed by atoms with E-state index in [1.54, 1.807) is 0 Å². The first-order valence-corrected chi connectivity index (χ1v) is 10.3. The molecule has 0 spiro atoms. The quantitative estimate of drug-likeness (QED) is 0.847. The summed E-state index contributed by atoms with van der Waals surface area (Å²) in [5, 5.41) is 13.6. The summed E-state index contributed by atoms with van der Waals surface area (Å²) < 4.78 is 0. The highest BCUT2D eigenvalue weighted by Crippen LogP contribution is 2.31. The van der Waals surface area contributed by atoms with Crippen molar-refractivity contribution in [2.75, 3.05) is 29.9 Å². The molecule has 2 N–H and O–H groups in total. The van der Waals surface area contributed by atoms with Crippen LogP contribution in [0.5, 0.6) is 0 Å². The minimum absolute atomic E-state index is 0.136. The molecular formula is C23H31N3O. The average molecular weight is 366 g/mol. The van der Waals surface area contributed by atoms with Crippen LogP contribution in [0, 0.1) is 0 Å². The van der Waals surface area contributed by atoms with E-state index in [9.17, 15) is 5.11 Å². The van der Waals surface area contributed by atoms with Crippen LogP contribution in [0.4, 0.5) is 11.4 Å². The lowest BCUT2D eigenvalue weighted by atomic mass is 10.1. The van der Waals surface area contributed by atoms with Gasteiger partial charge in [0, 0.05) is 38.3 Å². The summed E-state index contributed by atoms with van der Waals surface area (Å²) in [6.07, 6.45) is 2.75. The number of aliphatic hydroxyl groups is 1. The molecule has 27 heavy (non-hydrogen) atoms. The van der Waals surface area contributed by atoms with Crippen molar-refractivity contribution < 1.29 is 5.11 Å². The monoisotopic (exact) mass is 365 g/mol. The van der Waals surface area contributed by atoms with Crippen LogP contribution < -0.4 is 10.2 Å². The molecule has 2 aliphatic rings. The van der Waals surface area contributed by atoms with Crippen LogP contribution in [-0.2, 0) is 6.54 Å². The number of anilines is 2. The van der Waals surface area contributed by atoms with Crippen LogP contribution in [0.1, 0.15) is 31.7 Å². The number of nitrogens with one attached hydrogen (secondary N) is 1. The predicted molar refractivity (Wildman–Crippen MR) is 112 cm³/mol. The van der Waals surface area contributed by atoms with Gasteiger partial charge in [0.05, 0.1) is 17.5 Å². The van der Waals surface area contributed by atoms with Gasteiger partial charge >= 0.3 is 0 Å². The lowest BCUT2D eigenvalue weighted by Gasteiger charge is -2.33. The fourth-order valence-corrected chi connectivity index (χ4v) is 4.44. The van der Waals surface area contributed by atoms with Gasteiger partial charge in [-0.05, 0) is 43.9 Å². The Bertz CT molecular complexity index is 727. The van der Waals surface area contributed by atoms with E-state index >= 15 is 0 Å². The number of likely N-dealkylation sites (tertiary alicyclic amines) is 1. The van der Waals surface area contributed by atoms with Crippen molar-refractivity contribution in [3.8, 4) is 0 Å². The number of para-hydroxylation sites is 2. The van der Waals surface area contributed by atoms with E-state index in [1.165, 1.54) is 23.4 Å². The molecule has 0 aromatic heterocycles. The van der Waals surface area contributed by atoms with E-state index in [-0.39, 0.29) is 6.10 Å². The van der Waals surface area contributed by atoms with Gasteiger partial charge in [0.2, 0.25) is 0 Å². The van der Waals surface area contributed by atoms with Crippen molar-refractivity contribution in [3.63, 3.8) is 0 Å². The summed E-state index contributed by atoms with van der Waals surface area (Å²) in [5.41, 5.74) is 3.89. The molecule has 144 valence electrons. The molecule has 2 saturated heterocycles. The second-order valence-electron chi connectivity index (χ2n) is 8.08. The molecule has 2 aromatic rings. The molecule has 0 saturated carbocycles. The van der Waals surface area contributed by atoms with Gasteiger partial charge in [-0.1, -0.05) is 42.5 Å². The van der Waals surface area contributed by atoms with Gasteiger partial charge in [0.25, 0.3) is 0 Å². The van der Waals surface area contributed by atoms with Crippen molar-refractivity contribution >= 4 is 11.4 Å². The largest absolute Gasteiger partial charge is 0.393 e. The van der Waals surface area contributed by atoms with Crippen LogP contribution in [0.2, 0.25) is 0 Å². The van der Waals surface area contributed by atoms with E-state index in [0.29, 0.717) is 12.1 Å². The van der Waals surface area contributed by atoms with Crippen molar-refractivity contribution in [1.29, 1.82) is 0 Å². The van der Waals surface area contributed by atoms with Crippen LogP contribution in [0.25, 0.3) is 0 Å². The topological polar surface area (TPSA) is 38.7 Å². The van der Waals surface area contributed by atoms with E-state index in [1.807, 2.05) is 0 Å². The zero-order valence-corrected chi connectivity index (χ0v) is 16.2. The maximum atomic E-state index is 9.80. The van der Waals surface area contributed by atoms with Crippen molar-refractivity contribution in [1.82, 2.24) is 4.90 Å². The lowest BCUT2D eigenvalue weighted by Crippen LogP contribution is -2.36. The first kappa shape index (κ1) is 18.3. The fourth-order valence-electron chi connectivity index (χ4n) is 4.44. The molecule has 4 rings (SSSR count).